The molecule has 0 unspecified atom stereocenters. The van der Waals surface area contributed by atoms with Gasteiger partial charge < -0.3 is 10.1 Å². The van der Waals surface area contributed by atoms with Gasteiger partial charge in [-0.1, -0.05) is 29.8 Å². The molecule has 3 rings (SSSR count). The molecule has 4 nitrogen and oxygen atoms in total. The number of anilines is 1. The van der Waals surface area contributed by atoms with E-state index < -0.39 is 0 Å². The third kappa shape index (κ3) is 3.18. The average Bonchev–Trinajstić information content (AvgIpc) is 2.53. The summed E-state index contributed by atoms with van der Waals surface area (Å²) in [6.45, 7) is -0.00321. The van der Waals surface area contributed by atoms with E-state index >= 15 is 0 Å². The molecule has 1 amide bonds. The van der Waals surface area contributed by atoms with Gasteiger partial charge in [-0.15, -0.1) is 0 Å². The summed E-state index contributed by atoms with van der Waals surface area (Å²) in [4.78, 5) is 23.5. The van der Waals surface area contributed by atoms with E-state index in [1.54, 1.807) is 36.4 Å². The van der Waals surface area contributed by atoms with Crippen molar-refractivity contribution in [3.8, 4) is 5.75 Å². The number of benzene rings is 2. The van der Waals surface area contributed by atoms with Gasteiger partial charge in [0.05, 0.1) is 5.69 Å². The lowest BCUT2D eigenvalue weighted by molar-refractivity contribution is -0.118. The second-order valence-corrected chi connectivity index (χ2v) is 5.23. The van der Waals surface area contributed by atoms with Crippen LogP contribution in [-0.4, -0.2) is 18.3 Å². The van der Waals surface area contributed by atoms with Crippen molar-refractivity contribution in [1.82, 2.24) is 0 Å². The second kappa shape index (κ2) is 6.03. The highest BCUT2D eigenvalue weighted by Crippen LogP contribution is 2.28. The van der Waals surface area contributed by atoms with Gasteiger partial charge in [0.1, 0.15) is 5.75 Å². The van der Waals surface area contributed by atoms with Crippen LogP contribution in [0.3, 0.4) is 0 Å². The van der Waals surface area contributed by atoms with E-state index in [0.29, 0.717) is 22.0 Å². The van der Waals surface area contributed by atoms with Crippen molar-refractivity contribution in [1.29, 1.82) is 0 Å². The molecular weight excluding hydrogens is 302 g/mol. The molecule has 0 bridgehead atoms. The largest absolute Gasteiger partial charge is 0.482 e. The molecule has 110 valence electrons. The molecule has 1 heterocycles. The van der Waals surface area contributed by atoms with E-state index in [0.717, 1.165) is 5.56 Å². The first-order chi connectivity index (χ1) is 10.6. The molecule has 2 aromatic carbocycles. The lowest BCUT2D eigenvalue weighted by Crippen LogP contribution is -2.25. The molecule has 0 spiro atoms. The Balaban J connectivity index is 1.79. The zero-order chi connectivity index (χ0) is 15.5. The number of carbonyl (C=O) groups excluding carboxylic acids is 2. The van der Waals surface area contributed by atoms with E-state index in [9.17, 15) is 9.59 Å². The fraction of sp³-hybridized carbons (Fsp3) is 0.0588. The van der Waals surface area contributed by atoms with Gasteiger partial charge in [-0.25, -0.2) is 0 Å². The zero-order valence-corrected chi connectivity index (χ0v) is 12.3. The Morgan fingerprint density at radius 3 is 2.73 bits per heavy atom. The minimum absolute atomic E-state index is 0.00321. The van der Waals surface area contributed by atoms with Gasteiger partial charge in [0, 0.05) is 10.6 Å². The maximum Gasteiger partial charge on any atom is 0.262 e. The molecule has 0 radical (unpaired) electrons. The summed E-state index contributed by atoms with van der Waals surface area (Å²) in [5, 5.41) is 3.33. The Hall–Kier alpha value is -2.59. The number of nitrogens with one attached hydrogen (secondary N) is 1. The van der Waals surface area contributed by atoms with E-state index in [2.05, 4.69) is 5.32 Å². The van der Waals surface area contributed by atoms with Crippen LogP contribution >= 0.6 is 11.6 Å². The first-order valence-corrected chi connectivity index (χ1v) is 7.04. The Kier molecular flexibility index (Phi) is 3.94. The molecule has 0 aliphatic carbocycles. The Bertz CT molecular complexity index is 766. The van der Waals surface area contributed by atoms with Crippen LogP contribution in [0.25, 0.3) is 6.08 Å². The smallest absolute Gasteiger partial charge is 0.262 e. The average molecular weight is 314 g/mol. The van der Waals surface area contributed by atoms with Crippen LogP contribution in [0.5, 0.6) is 5.75 Å². The number of allylic oxidation sites excluding steroid dienone is 1. The molecule has 22 heavy (non-hydrogen) atoms. The first kappa shape index (κ1) is 14.4. The molecule has 0 fully saturated rings. The maximum atomic E-state index is 12.2. The number of hydrogen-bond donors (Lipinski definition) is 1. The molecule has 0 saturated heterocycles. The fourth-order valence-corrected chi connectivity index (χ4v) is 2.20. The van der Waals surface area contributed by atoms with Crippen LogP contribution in [0.1, 0.15) is 15.9 Å². The van der Waals surface area contributed by atoms with E-state index in [1.807, 2.05) is 12.1 Å². The number of ketones is 1. The lowest BCUT2D eigenvalue weighted by atomic mass is 10.1. The summed E-state index contributed by atoms with van der Waals surface area (Å²) in [7, 11) is 0. The number of fused-ring (bicyclic) bond motifs is 1. The highest BCUT2D eigenvalue weighted by Gasteiger charge is 2.17. The predicted octanol–water partition coefficient (Wildman–Crippen LogP) is 3.57. The summed E-state index contributed by atoms with van der Waals surface area (Å²) in [5.41, 5.74) is 1.88. The van der Waals surface area contributed by atoms with Gasteiger partial charge in [0.15, 0.2) is 12.4 Å². The van der Waals surface area contributed by atoms with Gasteiger partial charge in [-0.3, -0.25) is 9.59 Å². The third-order valence-corrected chi connectivity index (χ3v) is 3.45. The lowest BCUT2D eigenvalue weighted by Gasteiger charge is -2.17. The van der Waals surface area contributed by atoms with Crippen LogP contribution < -0.4 is 10.1 Å². The molecule has 0 atom stereocenters. The molecule has 1 aliphatic rings. The third-order valence-electron chi connectivity index (χ3n) is 3.19. The molecule has 0 aromatic heterocycles. The van der Waals surface area contributed by atoms with E-state index in [-0.39, 0.29) is 18.3 Å². The van der Waals surface area contributed by atoms with Gasteiger partial charge in [-0.05, 0) is 42.0 Å². The normalized spacial score (nSPS) is 13.4. The monoisotopic (exact) mass is 313 g/mol. The highest BCUT2D eigenvalue weighted by molar-refractivity contribution is 6.30. The van der Waals surface area contributed by atoms with Gasteiger partial charge in [-0.2, -0.15) is 0 Å². The second-order valence-electron chi connectivity index (χ2n) is 4.80. The quantitative estimate of drug-likeness (QED) is 0.696. The van der Waals surface area contributed by atoms with Crippen molar-refractivity contribution >= 4 is 35.1 Å². The van der Waals surface area contributed by atoms with Crippen molar-refractivity contribution in [3.63, 3.8) is 0 Å². The van der Waals surface area contributed by atoms with Crippen molar-refractivity contribution in [2.24, 2.45) is 0 Å². The van der Waals surface area contributed by atoms with Crippen LogP contribution in [-0.2, 0) is 4.79 Å². The molecule has 0 saturated carbocycles. The predicted molar refractivity (Wildman–Crippen MR) is 85.4 cm³/mol. The van der Waals surface area contributed by atoms with E-state index in [1.165, 1.54) is 6.08 Å². The van der Waals surface area contributed by atoms with E-state index in [4.69, 9.17) is 16.3 Å². The van der Waals surface area contributed by atoms with Crippen LogP contribution in [0.15, 0.2) is 48.5 Å². The summed E-state index contributed by atoms with van der Waals surface area (Å²) in [5.74, 6) is 0.184. The Morgan fingerprint density at radius 1 is 1.18 bits per heavy atom. The highest BCUT2D eigenvalue weighted by atomic mass is 35.5. The SMILES string of the molecule is O=C1COc2ccc(C(=O)/C=C/c3ccc(Cl)cc3)cc2N1. The first-order valence-electron chi connectivity index (χ1n) is 6.66. The van der Waals surface area contributed by atoms with Crippen molar-refractivity contribution in [2.45, 2.75) is 0 Å². The number of ether oxygens (including phenoxy) is 1. The zero-order valence-electron chi connectivity index (χ0n) is 11.5. The molecule has 1 aliphatic heterocycles. The van der Waals surface area contributed by atoms with Crippen molar-refractivity contribution < 1.29 is 14.3 Å². The summed E-state index contributed by atoms with van der Waals surface area (Å²) in [6, 6.07) is 12.1. The standard InChI is InChI=1S/C17H12ClNO3/c18-13-5-1-11(2-6-13)3-7-15(20)12-4-8-16-14(9-12)19-17(21)10-22-16/h1-9H,10H2,(H,19,21)/b7-3+. The maximum absolute atomic E-state index is 12.2. The fourth-order valence-electron chi connectivity index (χ4n) is 2.08. The van der Waals surface area contributed by atoms with Gasteiger partial charge in [0.2, 0.25) is 0 Å². The van der Waals surface area contributed by atoms with Crippen LogP contribution in [0.4, 0.5) is 5.69 Å². The summed E-state index contributed by atoms with van der Waals surface area (Å²) >= 11 is 5.81. The number of hydrogen-bond acceptors (Lipinski definition) is 3. The van der Waals surface area contributed by atoms with Crippen molar-refractivity contribution in [3.05, 3.63) is 64.7 Å². The topological polar surface area (TPSA) is 55.4 Å². The minimum atomic E-state index is -0.228. The van der Waals surface area contributed by atoms with Crippen LogP contribution in [0, 0.1) is 0 Å². The van der Waals surface area contributed by atoms with Gasteiger partial charge >= 0.3 is 0 Å². The number of amides is 1. The van der Waals surface area contributed by atoms with Crippen LogP contribution in [0.2, 0.25) is 5.02 Å². The number of rotatable bonds is 3. The molecule has 5 heteroatoms. The Morgan fingerprint density at radius 2 is 1.95 bits per heavy atom. The molecule has 2 aromatic rings. The minimum Gasteiger partial charge on any atom is -0.482 e. The number of halogens is 1. The number of carbonyl (C=O) groups is 2. The summed E-state index contributed by atoms with van der Waals surface area (Å²) < 4.78 is 5.26. The summed E-state index contributed by atoms with van der Waals surface area (Å²) in [6.07, 6.45) is 3.20. The van der Waals surface area contributed by atoms with Crippen molar-refractivity contribution in [2.75, 3.05) is 11.9 Å². The molecule has 1 N–H and O–H groups in total. The van der Waals surface area contributed by atoms with Gasteiger partial charge in [0.25, 0.3) is 5.91 Å². The Labute approximate surface area is 132 Å². The molecular formula is C17H12ClNO3.